The van der Waals surface area contributed by atoms with E-state index in [1.54, 1.807) is 12.4 Å². The second kappa shape index (κ2) is 7.19. The van der Waals surface area contributed by atoms with Crippen LogP contribution in [0.3, 0.4) is 0 Å². The molecule has 0 bridgehead atoms. The van der Waals surface area contributed by atoms with Crippen LogP contribution in [0.25, 0.3) is 0 Å². The highest BCUT2D eigenvalue weighted by molar-refractivity contribution is 5.93. The first-order chi connectivity index (χ1) is 9.74. The molecule has 110 valence electrons. The molecule has 0 aliphatic carbocycles. The van der Waals surface area contributed by atoms with Gasteiger partial charge in [-0.3, -0.25) is 4.79 Å². The second-order valence-corrected chi connectivity index (χ2v) is 4.95. The van der Waals surface area contributed by atoms with Crippen molar-refractivity contribution in [3.05, 3.63) is 18.0 Å². The number of nitrogens with zero attached hydrogens (tertiary/aromatic N) is 4. The van der Waals surface area contributed by atoms with E-state index >= 15 is 0 Å². The van der Waals surface area contributed by atoms with Crippen molar-refractivity contribution in [2.24, 2.45) is 0 Å². The number of rotatable bonds is 5. The zero-order valence-corrected chi connectivity index (χ0v) is 12.3. The Morgan fingerprint density at radius 1 is 1.20 bits per heavy atom. The molecule has 0 atom stereocenters. The van der Waals surface area contributed by atoms with E-state index in [4.69, 9.17) is 0 Å². The summed E-state index contributed by atoms with van der Waals surface area (Å²) in [6.45, 7) is 9.93. The number of amides is 1. The Kier molecular flexibility index (Phi) is 5.29. The van der Waals surface area contributed by atoms with Crippen LogP contribution in [0, 0.1) is 0 Å². The van der Waals surface area contributed by atoms with Crippen LogP contribution in [0.5, 0.6) is 0 Å². The SMILES string of the molecule is CCCNC(=O)c1cnc(N2CCN(CC)CC2)nc1. The summed E-state index contributed by atoms with van der Waals surface area (Å²) in [6.07, 6.45) is 4.14. The van der Waals surface area contributed by atoms with E-state index in [9.17, 15) is 4.79 Å². The molecule has 6 nitrogen and oxygen atoms in total. The van der Waals surface area contributed by atoms with Crippen LogP contribution in [-0.2, 0) is 0 Å². The molecule has 1 saturated heterocycles. The number of carbonyl (C=O) groups excluding carboxylic acids is 1. The third-order valence-electron chi connectivity index (χ3n) is 3.54. The van der Waals surface area contributed by atoms with Crippen molar-refractivity contribution in [1.29, 1.82) is 0 Å². The van der Waals surface area contributed by atoms with Crippen molar-refractivity contribution < 1.29 is 4.79 Å². The molecule has 1 aromatic heterocycles. The summed E-state index contributed by atoms with van der Waals surface area (Å²) < 4.78 is 0. The summed E-state index contributed by atoms with van der Waals surface area (Å²) in [7, 11) is 0. The summed E-state index contributed by atoms with van der Waals surface area (Å²) in [4.78, 5) is 25.0. The van der Waals surface area contributed by atoms with Crippen LogP contribution in [0.1, 0.15) is 30.6 Å². The van der Waals surface area contributed by atoms with Crippen molar-refractivity contribution in [2.75, 3.05) is 44.2 Å². The Labute approximate surface area is 120 Å². The number of likely N-dealkylation sites (N-methyl/N-ethyl adjacent to an activating group) is 1. The molecule has 0 aromatic carbocycles. The van der Waals surface area contributed by atoms with Gasteiger partial charge in [0.2, 0.25) is 5.95 Å². The quantitative estimate of drug-likeness (QED) is 0.861. The van der Waals surface area contributed by atoms with Gasteiger partial charge in [0.15, 0.2) is 0 Å². The van der Waals surface area contributed by atoms with Gasteiger partial charge in [-0.05, 0) is 13.0 Å². The van der Waals surface area contributed by atoms with Gasteiger partial charge < -0.3 is 15.1 Å². The fraction of sp³-hybridized carbons (Fsp3) is 0.643. The van der Waals surface area contributed by atoms with Crippen molar-refractivity contribution in [1.82, 2.24) is 20.2 Å². The van der Waals surface area contributed by atoms with Crippen LogP contribution in [-0.4, -0.2) is 60.0 Å². The van der Waals surface area contributed by atoms with Gasteiger partial charge in [-0.15, -0.1) is 0 Å². The van der Waals surface area contributed by atoms with E-state index in [0.29, 0.717) is 18.1 Å². The van der Waals surface area contributed by atoms with Gasteiger partial charge in [-0.25, -0.2) is 9.97 Å². The highest BCUT2D eigenvalue weighted by Gasteiger charge is 2.18. The molecule has 1 amide bonds. The van der Waals surface area contributed by atoms with E-state index < -0.39 is 0 Å². The Morgan fingerprint density at radius 3 is 2.40 bits per heavy atom. The summed E-state index contributed by atoms with van der Waals surface area (Å²) in [5, 5.41) is 2.82. The molecule has 1 aliphatic rings. The highest BCUT2D eigenvalue weighted by Crippen LogP contribution is 2.10. The van der Waals surface area contributed by atoms with Gasteiger partial charge in [-0.2, -0.15) is 0 Å². The summed E-state index contributed by atoms with van der Waals surface area (Å²) in [5.74, 6) is 0.613. The standard InChI is InChI=1S/C14H23N5O/c1-3-5-15-13(20)12-10-16-14(17-11-12)19-8-6-18(4-2)7-9-19/h10-11H,3-9H2,1-2H3,(H,15,20). The Morgan fingerprint density at radius 2 is 1.85 bits per heavy atom. The average Bonchev–Trinajstić information content (AvgIpc) is 2.53. The van der Waals surface area contributed by atoms with Gasteiger partial charge in [0, 0.05) is 45.1 Å². The molecule has 1 fully saturated rings. The predicted octanol–water partition coefficient (Wildman–Crippen LogP) is 0.758. The lowest BCUT2D eigenvalue weighted by atomic mass is 10.3. The monoisotopic (exact) mass is 277 g/mol. The van der Waals surface area contributed by atoms with Gasteiger partial charge in [0.25, 0.3) is 5.91 Å². The van der Waals surface area contributed by atoms with Crippen LogP contribution in [0.4, 0.5) is 5.95 Å². The molecule has 0 spiro atoms. The molecule has 1 N–H and O–H groups in total. The van der Waals surface area contributed by atoms with Crippen LogP contribution in [0.2, 0.25) is 0 Å². The number of anilines is 1. The maximum Gasteiger partial charge on any atom is 0.254 e. The molecule has 0 saturated carbocycles. The maximum absolute atomic E-state index is 11.8. The lowest BCUT2D eigenvalue weighted by Crippen LogP contribution is -2.46. The first-order valence-electron chi connectivity index (χ1n) is 7.32. The van der Waals surface area contributed by atoms with Crippen LogP contribution < -0.4 is 10.2 Å². The van der Waals surface area contributed by atoms with Gasteiger partial charge in [0.05, 0.1) is 5.56 Å². The topological polar surface area (TPSA) is 61.4 Å². The minimum Gasteiger partial charge on any atom is -0.352 e. The Bertz CT molecular complexity index is 426. The minimum absolute atomic E-state index is 0.103. The third kappa shape index (κ3) is 3.66. The third-order valence-corrected chi connectivity index (χ3v) is 3.54. The normalized spacial score (nSPS) is 16.2. The zero-order valence-electron chi connectivity index (χ0n) is 12.3. The summed E-state index contributed by atoms with van der Waals surface area (Å²) in [5.41, 5.74) is 0.523. The maximum atomic E-state index is 11.8. The fourth-order valence-electron chi connectivity index (χ4n) is 2.21. The lowest BCUT2D eigenvalue weighted by Gasteiger charge is -2.33. The van der Waals surface area contributed by atoms with E-state index in [1.165, 1.54) is 0 Å². The number of hydrogen-bond acceptors (Lipinski definition) is 5. The molecule has 1 aromatic rings. The Hall–Kier alpha value is -1.69. The van der Waals surface area contributed by atoms with Gasteiger partial charge >= 0.3 is 0 Å². The number of aromatic nitrogens is 2. The molecule has 1 aliphatic heterocycles. The van der Waals surface area contributed by atoms with Crippen molar-refractivity contribution in [3.8, 4) is 0 Å². The average molecular weight is 277 g/mol. The van der Waals surface area contributed by atoms with Crippen molar-refractivity contribution in [2.45, 2.75) is 20.3 Å². The van der Waals surface area contributed by atoms with E-state index in [2.05, 4.69) is 32.0 Å². The Balaban J connectivity index is 1.93. The number of hydrogen-bond donors (Lipinski definition) is 1. The van der Waals surface area contributed by atoms with Crippen molar-refractivity contribution in [3.63, 3.8) is 0 Å². The van der Waals surface area contributed by atoms with Gasteiger partial charge in [-0.1, -0.05) is 13.8 Å². The summed E-state index contributed by atoms with van der Waals surface area (Å²) in [6, 6.07) is 0. The lowest BCUT2D eigenvalue weighted by molar-refractivity contribution is 0.0953. The van der Waals surface area contributed by atoms with E-state index in [-0.39, 0.29) is 5.91 Å². The molecule has 2 rings (SSSR count). The largest absolute Gasteiger partial charge is 0.352 e. The minimum atomic E-state index is -0.103. The summed E-state index contributed by atoms with van der Waals surface area (Å²) >= 11 is 0. The smallest absolute Gasteiger partial charge is 0.254 e. The van der Waals surface area contributed by atoms with Crippen molar-refractivity contribution >= 4 is 11.9 Å². The van der Waals surface area contributed by atoms with Crippen LogP contribution >= 0.6 is 0 Å². The second-order valence-electron chi connectivity index (χ2n) is 4.95. The first kappa shape index (κ1) is 14.7. The van der Waals surface area contributed by atoms with Crippen LogP contribution in [0.15, 0.2) is 12.4 Å². The molecule has 6 heteroatoms. The molecular formula is C14H23N5O. The molecule has 20 heavy (non-hydrogen) atoms. The zero-order chi connectivity index (χ0) is 14.4. The number of nitrogens with one attached hydrogen (secondary N) is 1. The van der Waals surface area contributed by atoms with E-state index in [1.807, 2.05) is 6.92 Å². The van der Waals surface area contributed by atoms with E-state index in [0.717, 1.165) is 39.1 Å². The van der Waals surface area contributed by atoms with Gasteiger partial charge in [0.1, 0.15) is 0 Å². The molecule has 0 unspecified atom stereocenters. The number of carbonyl (C=O) groups is 1. The number of piperazine rings is 1. The first-order valence-corrected chi connectivity index (χ1v) is 7.32. The molecule has 2 heterocycles. The molecule has 0 radical (unpaired) electrons. The fourth-order valence-corrected chi connectivity index (χ4v) is 2.21. The molecular weight excluding hydrogens is 254 g/mol. The highest BCUT2D eigenvalue weighted by atomic mass is 16.1. The predicted molar refractivity (Wildman–Crippen MR) is 79.0 cm³/mol.